The number of fused-ring (bicyclic) bond motifs is 5. The minimum atomic E-state index is -1.88. The van der Waals surface area contributed by atoms with Gasteiger partial charge in [-0.25, -0.2) is 13.6 Å². The summed E-state index contributed by atoms with van der Waals surface area (Å²) in [6.07, 6.45) is 11.2. The van der Waals surface area contributed by atoms with Crippen molar-refractivity contribution in [2.45, 2.75) is 162 Å². The van der Waals surface area contributed by atoms with Gasteiger partial charge in [-0.2, -0.15) is 8.78 Å². The molecule has 434 valence electrons. The van der Waals surface area contributed by atoms with Crippen LogP contribution in [0.15, 0.2) is 84.9 Å². The SMILES string of the molecule is CCC(CC[C@@H](C)[C@H]1CC[C@H]2[C@@H]3CCC4C[C@@H](OC(=O)N5C[C@H](OC(=O)CCC(=O)Oc6c(F)c(F)cc(F)c6F)C[C@H]5COC(c5ccccc5)(c5ccc(OC)cc5)c5ccc(OC)cc5)CC[C@]4(C)[C@H]3CC[C@]12C)C(C)C. The Labute approximate surface area is 470 Å². The highest BCUT2D eigenvalue weighted by atomic mass is 19.2. The van der Waals surface area contributed by atoms with E-state index in [2.05, 4.69) is 46.3 Å². The lowest BCUT2D eigenvalue weighted by Crippen LogP contribution is -2.54. The number of esters is 2. The van der Waals surface area contributed by atoms with E-state index in [0.717, 1.165) is 77.9 Å². The number of halogens is 4. The Bertz CT molecular complexity index is 2700. The number of rotatable bonds is 20. The van der Waals surface area contributed by atoms with Crippen molar-refractivity contribution in [2.75, 3.05) is 27.4 Å². The molecular weight excluding hydrogens is 1030 g/mol. The van der Waals surface area contributed by atoms with E-state index in [0.29, 0.717) is 28.7 Å². The number of carbonyl (C=O) groups excluding carboxylic acids is 3. The molecule has 1 saturated heterocycles. The number of methoxy groups -OCH3 is 2. The number of carbonyl (C=O) groups is 3. The molecule has 1 aliphatic heterocycles. The Kier molecular flexibility index (Phi) is 18.3. The summed E-state index contributed by atoms with van der Waals surface area (Å²) in [5, 5.41) is 0. The molecule has 1 amide bonds. The number of hydrogen-bond acceptors (Lipinski definition) is 9. The molecule has 0 aromatic heterocycles. The molecule has 0 bridgehead atoms. The number of likely N-dealkylation sites (tertiary alicyclic amines) is 1. The summed E-state index contributed by atoms with van der Waals surface area (Å²) in [5.41, 5.74) is 1.69. The molecule has 4 aliphatic carbocycles. The van der Waals surface area contributed by atoms with Gasteiger partial charge in [0.05, 0.1) is 46.3 Å². The van der Waals surface area contributed by atoms with Crippen LogP contribution >= 0.6 is 0 Å². The molecule has 0 spiro atoms. The highest BCUT2D eigenvalue weighted by molar-refractivity contribution is 5.79. The predicted molar refractivity (Wildman–Crippen MR) is 297 cm³/mol. The van der Waals surface area contributed by atoms with E-state index < -0.39 is 77.6 Å². The average molecular weight is 1110 g/mol. The van der Waals surface area contributed by atoms with Crippen molar-refractivity contribution in [2.24, 2.45) is 58.2 Å². The molecule has 80 heavy (non-hydrogen) atoms. The summed E-state index contributed by atoms with van der Waals surface area (Å²) in [6.45, 7) is 14.8. The fourth-order valence-corrected chi connectivity index (χ4v) is 16.1. The first-order chi connectivity index (χ1) is 38.3. The Morgan fingerprint density at radius 3 is 1.89 bits per heavy atom. The van der Waals surface area contributed by atoms with Crippen molar-refractivity contribution in [3.05, 3.63) is 125 Å². The molecule has 1 heterocycles. The Morgan fingerprint density at radius 2 is 1.27 bits per heavy atom. The normalized spacial score (nSPS) is 28.0. The van der Waals surface area contributed by atoms with Gasteiger partial charge in [-0.1, -0.05) is 109 Å². The first kappa shape index (κ1) is 59.0. The Morgan fingerprint density at radius 1 is 0.675 bits per heavy atom. The van der Waals surface area contributed by atoms with Gasteiger partial charge < -0.3 is 28.4 Å². The van der Waals surface area contributed by atoms with Gasteiger partial charge >= 0.3 is 18.0 Å². The van der Waals surface area contributed by atoms with Crippen molar-refractivity contribution in [3.63, 3.8) is 0 Å². The largest absolute Gasteiger partial charge is 0.497 e. The Hall–Kier alpha value is -5.63. The number of amides is 1. The lowest BCUT2D eigenvalue weighted by molar-refractivity contribution is -0.151. The van der Waals surface area contributed by atoms with Gasteiger partial charge in [-0.05, 0) is 163 Å². The molecule has 0 radical (unpaired) electrons. The van der Waals surface area contributed by atoms with E-state index in [9.17, 15) is 31.9 Å². The molecule has 5 aliphatic rings. The molecule has 4 aromatic carbocycles. The maximum absolute atomic E-state index is 14.9. The summed E-state index contributed by atoms with van der Waals surface area (Å²) < 4.78 is 91.9. The van der Waals surface area contributed by atoms with Crippen LogP contribution in [0, 0.1) is 81.4 Å². The molecule has 9 rings (SSSR count). The molecule has 0 N–H and O–H groups in total. The third-order valence-electron chi connectivity index (χ3n) is 20.5. The topological polar surface area (TPSA) is 110 Å². The van der Waals surface area contributed by atoms with Crippen LogP contribution in [-0.2, 0) is 29.4 Å². The van der Waals surface area contributed by atoms with Gasteiger partial charge in [0.25, 0.3) is 0 Å². The fraction of sp³-hybridized carbons (Fsp3) is 0.591. The van der Waals surface area contributed by atoms with Crippen molar-refractivity contribution >= 4 is 18.0 Å². The van der Waals surface area contributed by atoms with Crippen molar-refractivity contribution in [1.82, 2.24) is 4.90 Å². The molecule has 2 unspecified atom stereocenters. The summed E-state index contributed by atoms with van der Waals surface area (Å²) >= 11 is 0. The number of ether oxygens (including phenoxy) is 6. The van der Waals surface area contributed by atoms with Crippen LogP contribution in [0.1, 0.15) is 155 Å². The standard InChI is InChI=1S/C66H83F4NO9/c1-9-42(40(2)3)16-15-41(4)53-27-28-54-52-26-21-46-35-50(31-33-64(46,5)55(52)32-34-65(53,54)6)79-63(74)71-38-51(78-58(72)29-30-59(73)80-62-60(69)56(67)37-57(68)61(62)70)36-47(71)39-77-66(43-13-11-10-12-14-43,44-17-22-48(75-7)23-18-44)45-19-24-49(76-8)25-20-45/h10-14,17-20,22-25,37,40-42,46-47,50-55H,9,15-16,21,26-36,38-39H2,1-8H3/t41-,42?,46?,47+,50+,51-,52+,53-,54+,55+,64+,65-/m1/s1. The minimum Gasteiger partial charge on any atom is -0.497 e. The summed E-state index contributed by atoms with van der Waals surface area (Å²) in [6, 6.07) is 24.3. The van der Waals surface area contributed by atoms with E-state index in [-0.39, 0.29) is 37.2 Å². The van der Waals surface area contributed by atoms with Crippen molar-refractivity contribution in [3.8, 4) is 17.2 Å². The van der Waals surface area contributed by atoms with Crippen LogP contribution in [0.4, 0.5) is 22.4 Å². The zero-order valence-electron chi connectivity index (χ0n) is 48.1. The highest BCUT2D eigenvalue weighted by Gasteiger charge is 2.61. The van der Waals surface area contributed by atoms with Crippen molar-refractivity contribution in [1.29, 1.82) is 0 Å². The summed E-state index contributed by atoms with van der Waals surface area (Å²) in [5.74, 6) is -4.05. The molecule has 5 fully saturated rings. The lowest BCUT2D eigenvalue weighted by Gasteiger charge is -2.61. The number of nitrogens with zero attached hydrogens (tertiary/aromatic N) is 1. The maximum Gasteiger partial charge on any atom is 0.410 e. The zero-order chi connectivity index (χ0) is 57.1. The number of hydrogen-bond donors (Lipinski definition) is 0. The maximum atomic E-state index is 14.9. The smallest absolute Gasteiger partial charge is 0.410 e. The monoisotopic (exact) mass is 1110 g/mol. The van der Waals surface area contributed by atoms with Gasteiger partial charge in [-0.15, -0.1) is 0 Å². The van der Waals surface area contributed by atoms with E-state index in [1.54, 1.807) is 19.1 Å². The van der Waals surface area contributed by atoms with E-state index in [1.807, 2.05) is 78.9 Å². The average Bonchev–Trinajstić information content (AvgIpc) is 4.21. The van der Waals surface area contributed by atoms with Crippen LogP contribution in [0.5, 0.6) is 17.2 Å². The van der Waals surface area contributed by atoms with Gasteiger partial charge in [0.1, 0.15) is 29.3 Å². The second-order valence-electron chi connectivity index (χ2n) is 24.9. The van der Waals surface area contributed by atoms with Crippen molar-refractivity contribution < 1.29 is 60.4 Å². The van der Waals surface area contributed by atoms with Crippen LogP contribution < -0.4 is 14.2 Å². The van der Waals surface area contributed by atoms with Crippen LogP contribution in [0.2, 0.25) is 0 Å². The van der Waals surface area contributed by atoms with Crippen LogP contribution in [0.3, 0.4) is 0 Å². The van der Waals surface area contributed by atoms with Gasteiger partial charge in [-0.3, -0.25) is 14.5 Å². The zero-order valence-corrected chi connectivity index (χ0v) is 48.1. The number of benzene rings is 4. The first-order valence-corrected chi connectivity index (χ1v) is 29.5. The van der Waals surface area contributed by atoms with Gasteiger partial charge in [0, 0.05) is 12.5 Å². The molecule has 12 atom stereocenters. The van der Waals surface area contributed by atoms with Gasteiger partial charge in [0.15, 0.2) is 11.6 Å². The molecule has 4 saturated carbocycles. The second kappa shape index (κ2) is 24.8. The third-order valence-corrected chi connectivity index (χ3v) is 20.5. The fourth-order valence-electron chi connectivity index (χ4n) is 16.1. The second-order valence-corrected chi connectivity index (χ2v) is 24.9. The third kappa shape index (κ3) is 11.9. The molecule has 4 aromatic rings. The molecule has 10 nitrogen and oxygen atoms in total. The highest BCUT2D eigenvalue weighted by Crippen LogP contribution is 2.68. The minimum absolute atomic E-state index is 0.000842. The molecular formula is C66H83F4NO9. The van der Waals surface area contributed by atoms with E-state index in [1.165, 1.54) is 51.4 Å². The summed E-state index contributed by atoms with van der Waals surface area (Å²) in [7, 11) is 3.20. The van der Waals surface area contributed by atoms with Crippen LogP contribution in [0.25, 0.3) is 0 Å². The Balaban J connectivity index is 0.917. The summed E-state index contributed by atoms with van der Waals surface area (Å²) in [4.78, 5) is 42.6. The van der Waals surface area contributed by atoms with Crippen LogP contribution in [-0.4, -0.2) is 68.6 Å². The lowest BCUT2D eigenvalue weighted by atomic mass is 9.44. The quantitative estimate of drug-likeness (QED) is 0.0281. The van der Waals surface area contributed by atoms with Gasteiger partial charge in [0.2, 0.25) is 17.4 Å². The first-order valence-electron chi connectivity index (χ1n) is 29.5. The van der Waals surface area contributed by atoms with E-state index >= 15 is 0 Å². The van der Waals surface area contributed by atoms with E-state index in [4.69, 9.17) is 23.7 Å². The predicted octanol–water partition coefficient (Wildman–Crippen LogP) is 15.2. The molecule has 14 heteroatoms.